The summed E-state index contributed by atoms with van der Waals surface area (Å²) >= 11 is 0. The Hall–Kier alpha value is -1.92. The highest BCUT2D eigenvalue weighted by molar-refractivity contribution is 5.36. The van der Waals surface area contributed by atoms with E-state index < -0.39 is 0 Å². The SMILES string of the molecule is COCc1noc(CN2C[C@@H](C)CC[C@@H]2c2ccccc2OC)n1. The van der Waals surface area contributed by atoms with Crippen LogP contribution in [0.2, 0.25) is 0 Å². The monoisotopic (exact) mass is 331 g/mol. The number of rotatable bonds is 6. The molecule has 6 heteroatoms. The summed E-state index contributed by atoms with van der Waals surface area (Å²) in [4.78, 5) is 6.83. The Kier molecular flexibility index (Phi) is 5.48. The molecular formula is C18H25N3O3. The third-order valence-corrected chi connectivity index (χ3v) is 4.54. The van der Waals surface area contributed by atoms with Crippen LogP contribution in [0.4, 0.5) is 0 Å². The summed E-state index contributed by atoms with van der Waals surface area (Å²) in [6.07, 6.45) is 2.30. The number of ether oxygens (including phenoxy) is 2. The minimum Gasteiger partial charge on any atom is -0.496 e. The molecule has 24 heavy (non-hydrogen) atoms. The van der Waals surface area contributed by atoms with Crippen molar-refractivity contribution in [2.45, 2.75) is 39.0 Å². The maximum atomic E-state index is 5.57. The summed E-state index contributed by atoms with van der Waals surface area (Å²) in [5.74, 6) is 2.81. The lowest BCUT2D eigenvalue weighted by Crippen LogP contribution is -2.37. The zero-order valence-corrected chi connectivity index (χ0v) is 14.6. The van der Waals surface area contributed by atoms with Crippen LogP contribution in [0.15, 0.2) is 28.8 Å². The Morgan fingerprint density at radius 3 is 2.88 bits per heavy atom. The highest BCUT2D eigenvalue weighted by Crippen LogP contribution is 2.38. The molecule has 1 saturated heterocycles. The van der Waals surface area contributed by atoms with E-state index in [1.807, 2.05) is 12.1 Å². The summed E-state index contributed by atoms with van der Waals surface area (Å²) in [6, 6.07) is 8.55. The largest absolute Gasteiger partial charge is 0.496 e. The number of hydrogen-bond acceptors (Lipinski definition) is 6. The van der Waals surface area contributed by atoms with Gasteiger partial charge in [-0.1, -0.05) is 30.3 Å². The molecule has 0 unspecified atom stereocenters. The lowest BCUT2D eigenvalue weighted by molar-refractivity contribution is 0.0916. The van der Waals surface area contributed by atoms with E-state index >= 15 is 0 Å². The van der Waals surface area contributed by atoms with Gasteiger partial charge in [0.2, 0.25) is 5.89 Å². The second kappa shape index (κ2) is 7.77. The fraction of sp³-hybridized carbons (Fsp3) is 0.556. The van der Waals surface area contributed by atoms with Gasteiger partial charge in [-0.15, -0.1) is 0 Å². The Bertz CT molecular complexity index is 658. The van der Waals surface area contributed by atoms with Crippen LogP contribution in [0.5, 0.6) is 5.75 Å². The normalized spacial score (nSPS) is 21.8. The first-order valence-electron chi connectivity index (χ1n) is 8.38. The minimum absolute atomic E-state index is 0.301. The Balaban J connectivity index is 1.81. The van der Waals surface area contributed by atoms with Crippen LogP contribution in [0, 0.1) is 5.92 Å². The summed E-state index contributed by atoms with van der Waals surface area (Å²) in [7, 11) is 3.35. The van der Waals surface area contributed by atoms with Gasteiger partial charge in [0.15, 0.2) is 5.82 Å². The van der Waals surface area contributed by atoms with Crippen LogP contribution in [0.3, 0.4) is 0 Å². The molecule has 0 bridgehead atoms. The maximum Gasteiger partial charge on any atom is 0.240 e. The molecule has 1 fully saturated rings. The summed E-state index contributed by atoms with van der Waals surface area (Å²) in [5, 5.41) is 3.96. The molecule has 3 rings (SSSR count). The van der Waals surface area contributed by atoms with Gasteiger partial charge in [0, 0.05) is 25.3 Å². The third kappa shape index (κ3) is 3.76. The molecule has 2 atom stereocenters. The van der Waals surface area contributed by atoms with Crippen molar-refractivity contribution in [3.8, 4) is 5.75 Å². The van der Waals surface area contributed by atoms with Crippen molar-refractivity contribution in [3.63, 3.8) is 0 Å². The Morgan fingerprint density at radius 2 is 2.08 bits per heavy atom. The van der Waals surface area contributed by atoms with Crippen LogP contribution in [0.1, 0.15) is 43.1 Å². The summed E-state index contributed by atoms with van der Waals surface area (Å²) < 4.78 is 16.0. The number of aromatic nitrogens is 2. The fourth-order valence-electron chi connectivity index (χ4n) is 3.43. The van der Waals surface area contributed by atoms with Crippen molar-refractivity contribution in [2.75, 3.05) is 20.8 Å². The predicted molar refractivity (Wildman–Crippen MR) is 89.6 cm³/mol. The van der Waals surface area contributed by atoms with E-state index in [1.165, 1.54) is 12.0 Å². The number of para-hydroxylation sites is 1. The third-order valence-electron chi connectivity index (χ3n) is 4.54. The lowest BCUT2D eigenvalue weighted by atomic mass is 9.89. The van der Waals surface area contributed by atoms with Gasteiger partial charge >= 0.3 is 0 Å². The quantitative estimate of drug-likeness (QED) is 0.810. The van der Waals surface area contributed by atoms with E-state index in [4.69, 9.17) is 14.0 Å². The smallest absolute Gasteiger partial charge is 0.240 e. The van der Waals surface area contributed by atoms with Crippen LogP contribution < -0.4 is 4.74 Å². The second-order valence-corrected chi connectivity index (χ2v) is 6.41. The molecular weight excluding hydrogens is 306 g/mol. The molecule has 0 N–H and O–H groups in total. The van der Waals surface area contributed by atoms with E-state index in [2.05, 4.69) is 34.1 Å². The molecule has 1 aromatic carbocycles. The summed E-state index contributed by atoms with van der Waals surface area (Å²) in [5.41, 5.74) is 1.23. The maximum absolute atomic E-state index is 5.57. The van der Waals surface area contributed by atoms with Gasteiger partial charge < -0.3 is 14.0 Å². The van der Waals surface area contributed by atoms with Gasteiger partial charge in [-0.3, -0.25) is 4.90 Å². The van der Waals surface area contributed by atoms with Crippen molar-refractivity contribution in [3.05, 3.63) is 41.5 Å². The lowest BCUT2D eigenvalue weighted by Gasteiger charge is -2.38. The molecule has 6 nitrogen and oxygen atoms in total. The van der Waals surface area contributed by atoms with E-state index in [0.29, 0.717) is 36.8 Å². The second-order valence-electron chi connectivity index (χ2n) is 6.41. The van der Waals surface area contributed by atoms with Crippen LogP contribution >= 0.6 is 0 Å². The molecule has 1 aliphatic rings. The first-order valence-corrected chi connectivity index (χ1v) is 8.38. The van der Waals surface area contributed by atoms with Gasteiger partial charge in [-0.05, 0) is 24.8 Å². The first kappa shape index (κ1) is 16.9. The Labute approximate surface area is 142 Å². The highest BCUT2D eigenvalue weighted by atomic mass is 16.5. The molecule has 0 spiro atoms. The van der Waals surface area contributed by atoms with Gasteiger partial charge in [0.1, 0.15) is 12.4 Å². The number of methoxy groups -OCH3 is 2. The standard InChI is InChI=1S/C18H25N3O3/c1-13-8-9-15(14-6-4-5-7-16(14)23-3)21(10-13)11-18-19-17(12-22-2)20-24-18/h4-7,13,15H,8-12H2,1-3H3/t13-,15+/m0/s1. The number of likely N-dealkylation sites (tertiary alicyclic amines) is 1. The van der Waals surface area contributed by atoms with Crippen molar-refractivity contribution in [1.82, 2.24) is 15.0 Å². The average molecular weight is 331 g/mol. The number of benzene rings is 1. The van der Waals surface area contributed by atoms with E-state index in [1.54, 1.807) is 14.2 Å². The Morgan fingerprint density at radius 1 is 1.25 bits per heavy atom. The van der Waals surface area contributed by atoms with E-state index in [-0.39, 0.29) is 0 Å². The molecule has 2 aromatic rings. The zero-order chi connectivity index (χ0) is 16.9. The average Bonchev–Trinajstić information content (AvgIpc) is 3.02. The number of nitrogens with zero attached hydrogens (tertiary/aromatic N) is 3. The van der Waals surface area contributed by atoms with Crippen LogP contribution in [-0.2, 0) is 17.9 Å². The predicted octanol–water partition coefficient (Wildman–Crippen LogP) is 3.20. The minimum atomic E-state index is 0.301. The number of hydrogen-bond donors (Lipinski definition) is 0. The van der Waals surface area contributed by atoms with E-state index in [0.717, 1.165) is 18.7 Å². The van der Waals surface area contributed by atoms with Crippen molar-refractivity contribution >= 4 is 0 Å². The van der Waals surface area contributed by atoms with Crippen molar-refractivity contribution in [1.29, 1.82) is 0 Å². The number of piperidine rings is 1. The summed E-state index contributed by atoms with van der Waals surface area (Å²) in [6.45, 7) is 4.31. The van der Waals surface area contributed by atoms with Crippen molar-refractivity contribution in [2.24, 2.45) is 5.92 Å². The molecule has 0 radical (unpaired) electrons. The first-order chi connectivity index (χ1) is 11.7. The molecule has 1 aliphatic heterocycles. The molecule has 130 valence electrons. The van der Waals surface area contributed by atoms with E-state index in [9.17, 15) is 0 Å². The fourth-order valence-corrected chi connectivity index (χ4v) is 3.43. The van der Waals surface area contributed by atoms with Gasteiger partial charge in [0.05, 0.1) is 13.7 Å². The topological polar surface area (TPSA) is 60.6 Å². The van der Waals surface area contributed by atoms with Crippen LogP contribution in [-0.4, -0.2) is 35.8 Å². The molecule has 0 saturated carbocycles. The van der Waals surface area contributed by atoms with Gasteiger partial charge in [0.25, 0.3) is 0 Å². The van der Waals surface area contributed by atoms with Gasteiger partial charge in [-0.2, -0.15) is 4.98 Å². The van der Waals surface area contributed by atoms with Crippen molar-refractivity contribution < 1.29 is 14.0 Å². The zero-order valence-electron chi connectivity index (χ0n) is 14.6. The van der Waals surface area contributed by atoms with Gasteiger partial charge in [-0.25, -0.2) is 0 Å². The molecule has 1 aromatic heterocycles. The molecule has 2 heterocycles. The molecule has 0 amide bonds. The highest BCUT2D eigenvalue weighted by Gasteiger charge is 2.30. The van der Waals surface area contributed by atoms with Crippen LogP contribution in [0.25, 0.3) is 0 Å². The molecule has 0 aliphatic carbocycles.